The number of halogens is 1. The van der Waals surface area contributed by atoms with E-state index >= 15 is 0 Å². The van der Waals surface area contributed by atoms with Crippen LogP contribution >= 0.6 is 15.9 Å². The van der Waals surface area contributed by atoms with E-state index in [0.717, 1.165) is 36.3 Å². The van der Waals surface area contributed by atoms with Gasteiger partial charge < -0.3 is 15.0 Å². The average Bonchev–Trinajstić information content (AvgIpc) is 2.53. The molecule has 0 radical (unpaired) electrons. The predicted octanol–water partition coefficient (Wildman–Crippen LogP) is 2.78. The fourth-order valence-electron chi connectivity index (χ4n) is 3.62. The van der Waals surface area contributed by atoms with E-state index in [4.69, 9.17) is 4.74 Å². The summed E-state index contributed by atoms with van der Waals surface area (Å²) < 4.78 is 6.83. The molecule has 0 spiro atoms. The Morgan fingerprint density at radius 2 is 2.00 bits per heavy atom. The monoisotopic (exact) mass is 352 g/mol. The molecule has 0 atom stereocenters. The quantitative estimate of drug-likeness (QED) is 0.901. The van der Waals surface area contributed by atoms with Gasteiger partial charge in [0.15, 0.2) is 0 Å². The molecule has 0 bridgehead atoms. The SMILES string of the molecule is COc1c(Br)cc2c(c1CCN1CCNCC1)CCCC2. The lowest BCUT2D eigenvalue weighted by Crippen LogP contribution is -2.44. The Labute approximate surface area is 136 Å². The number of piperazine rings is 1. The van der Waals surface area contributed by atoms with Crippen molar-refractivity contribution in [1.29, 1.82) is 0 Å². The van der Waals surface area contributed by atoms with Crippen molar-refractivity contribution in [3.8, 4) is 5.75 Å². The fourth-order valence-corrected chi connectivity index (χ4v) is 4.30. The molecule has 1 aliphatic heterocycles. The molecular formula is C17H25BrN2O. The summed E-state index contributed by atoms with van der Waals surface area (Å²) >= 11 is 3.70. The number of hydrogen-bond donors (Lipinski definition) is 1. The fraction of sp³-hybridized carbons (Fsp3) is 0.647. The van der Waals surface area contributed by atoms with Crippen LogP contribution in [0.15, 0.2) is 10.5 Å². The molecular weight excluding hydrogens is 328 g/mol. The Morgan fingerprint density at radius 3 is 2.76 bits per heavy atom. The highest BCUT2D eigenvalue weighted by Crippen LogP contribution is 2.37. The zero-order valence-corrected chi connectivity index (χ0v) is 14.5. The maximum absolute atomic E-state index is 5.70. The maximum Gasteiger partial charge on any atom is 0.136 e. The zero-order valence-electron chi connectivity index (χ0n) is 12.9. The summed E-state index contributed by atoms with van der Waals surface area (Å²) in [6, 6.07) is 2.28. The highest BCUT2D eigenvalue weighted by atomic mass is 79.9. The van der Waals surface area contributed by atoms with Crippen LogP contribution in [0.4, 0.5) is 0 Å². The molecule has 3 rings (SSSR count). The van der Waals surface area contributed by atoms with Gasteiger partial charge in [-0.15, -0.1) is 0 Å². The largest absolute Gasteiger partial charge is 0.495 e. The lowest BCUT2D eigenvalue weighted by molar-refractivity contribution is 0.242. The number of nitrogens with zero attached hydrogens (tertiary/aromatic N) is 1. The van der Waals surface area contributed by atoms with Crippen LogP contribution in [0.2, 0.25) is 0 Å². The van der Waals surface area contributed by atoms with Crippen LogP contribution in [0.3, 0.4) is 0 Å². The van der Waals surface area contributed by atoms with Crippen molar-refractivity contribution in [3.63, 3.8) is 0 Å². The first-order chi connectivity index (χ1) is 10.3. The van der Waals surface area contributed by atoms with Gasteiger partial charge in [0.1, 0.15) is 5.75 Å². The summed E-state index contributed by atoms with van der Waals surface area (Å²) in [5, 5.41) is 3.42. The van der Waals surface area contributed by atoms with Crippen molar-refractivity contribution >= 4 is 15.9 Å². The van der Waals surface area contributed by atoms with Crippen LogP contribution in [0.25, 0.3) is 0 Å². The molecule has 4 heteroatoms. The van der Waals surface area contributed by atoms with Gasteiger partial charge >= 0.3 is 0 Å². The molecule has 1 aromatic carbocycles. The van der Waals surface area contributed by atoms with Gasteiger partial charge in [-0.05, 0) is 65.2 Å². The molecule has 1 fully saturated rings. The predicted molar refractivity (Wildman–Crippen MR) is 90.3 cm³/mol. The van der Waals surface area contributed by atoms with Gasteiger partial charge in [0.2, 0.25) is 0 Å². The minimum atomic E-state index is 1.06. The molecule has 0 unspecified atom stereocenters. The van der Waals surface area contributed by atoms with E-state index in [1.807, 2.05) is 0 Å². The second kappa shape index (κ2) is 7.12. The standard InChI is InChI=1S/C17H25BrN2O/c1-21-17-15(6-9-20-10-7-19-8-11-20)14-5-3-2-4-13(14)12-16(17)18/h12,19H,2-11H2,1H3. The van der Waals surface area contributed by atoms with Gasteiger partial charge in [-0.25, -0.2) is 0 Å². The van der Waals surface area contributed by atoms with Crippen LogP contribution in [0.5, 0.6) is 5.75 Å². The van der Waals surface area contributed by atoms with Gasteiger partial charge in [0.05, 0.1) is 11.6 Å². The second-order valence-electron chi connectivity index (χ2n) is 6.06. The van der Waals surface area contributed by atoms with Crippen molar-refractivity contribution in [2.24, 2.45) is 0 Å². The Morgan fingerprint density at radius 1 is 1.24 bits per heavy atom. The number of ether oxygens (including phenoxy) is 1. The van der Waals surface area contributed by atoms with Crippen LogP contribution in [0.1, 0.15) is 29.5 Å². The molecule has 116 valence electrons. The van der Waals surface area contributed by atoms with E-state index in [1.165, 1.54) is 49.9 Å². The van der Waals surface area contributed by atoms with Crippen LogP contribution < -0.4 is 10.1 Å². The van der Waals surface area contributed by atoms with Gasteiger partial charge in [-0.1, -0.05) is 0 Å². The molecule has 0 aromatic heterocycles. The van der Waals surface area contributed by atoms with Crippen molar-refractivity contribution < 1.29 is 4.74 Å². The maximum atomic E-state index is 5.70. The van der Waals surface area contributed by atoms with E-state index in [0.29, 0.717) is 0 Å². The van der Waals surface area contributed by atoms with E-state index < -0.39 is 0 Å². The Kier molecular flexibility index (Phi) is 5.19. The van der Waals surface area contributed by atoms with Crippen LogP contribution in [-0.4, -0.2) is 44.7 Å². The molecule has 1 aromatic rings. The third-order valence-electron chi connectivity index (χ3n) is 4.76. The smallest absolute Gasteiger partial charge is 0.136 e. The molecule has 0 amide bonds. The molecule has 1 aliphatic carbocycles. The first-order valence-corrected chi connectivity index (χ1v) is 8.89. The van der Waals surface area contributed by atoms with Gasteiger partial charge in [0, 0.05) is 38.3 Å². The number of rotatable bonds is 4. The van der Waals surface area contributed by atoms with Crippen LogP contribution in [0, 0.1) is 0 Å². The number of methoxy groups -OCH3 is 1. The average molecular weight is 353 g/mol. The molecule has 3 nitrogen and oxygen atoms in total. The van der Waals surface area contributed by atoms with E-state index in [2.05, 4.69) is 32.2 Å². The van der Waals surface area contributed by atoms with Crippen molar-refractivity contribution in [2.75, 3.05) is 39.8 Å². The summed E-state index contributed by atoms with van der Waals surface area (Å²) in [6.07, 6.45) is 6.18. The van der Waals surface area contributed by atoms with Gasteiger partial charge in [0.25, 0.3) is 0 Å². The van der Waals surface area contributed by atoms with Gasteiger partial charge in [-0.3, -0.25) is 0 Å². The lowest BCUT2D eigenvalue weighted by Gasteiger charge is -2.29. The van der Waals surface area contributed by atoms with E-state index in [-0.39, 0.29) is 0 Å². The topological polar surface area (TPSA) is 24.5 Å². The zero-order chi connectivity index (χ0) is 14.7. The van der Waals surface area contributed by atoms with E-state index in [9.17, 15) is 0 Å². The molecule has 1 N–H and O–H groups in total. The van der Waals surface area contributed by atoms with Crippen LogP contribution in [-0.2, 0) is 19.3 Å². The third kappa shape index (κ3) is 3.43. The number of aryl methyl sites for hydroxylation is 1. The highest BCUT2D eigenvalue weighted by molar-refractivity contribution is 9.10. The summed E-state index contributed by atoms with van der Waals surface area (Å²) in [4.78, 5) is 2.56. The second-order valence-corrected chi connectivity index (χ2v) is 6.91. The number of nitrogens with one attached hydrogen (secondary N) is 1. The lowest BCUT2D eigenvalue weighted by atomic mass is 9.86. The molecule has 1 saturated heterocycles. The summed E-state index contributed by atoms with van der Waals surface area (Å²) in [7, 11) is 1.80. The molecule has 1 heterocycles. The number of benzene rings is 1. The molecule has 0 saturated carbocycles. The normalized spacial score (nSPS) is 19.3. The minimum Gasteiger partial charge on any atom is -0.495 e. The Balaban J connectivity index is 1.82. The first kappa shape index (κ1) is 15.3. The summed E-state index contributed by atoms with van der Waals surface area (Å²) in [6.45, 7) is 5.71. The van der Waals surface area contributed by atoms with Crippen molar-refractivity contribution in [1.82, 2.24) is 10.2 Å². The highest BCUT2D eigenvalue weighted by Gasteiger charge is 2.21. The number of hydrogen-bond acceptors (Lipinski definition) is 3. The first-order valence-electron chi connectivity index (χ1n) is 8.10. The van der Waals surface area contributed by atoms with Crippen molar-refractivity contribution in [2.45, 2.75) is 32.1 Å². The number of fused-ring (bicyclic) bond motifs is 1. The third-order valence-corrected chi connectivity index (χ3v) is 5.35. The van der Waals surface area contributed by atoms with E-state index in [1.54, 1.807) is 12.7 Å². The molecule has 2 aliphatic rings. The summed E-state index contributed by atoms with van der Waals surface area (Å²) in [5.74, 6) is 1.06. The summed E-state index contributed by atoms with van der Waals surface area (Å²) in [5.41, 5.74) is 4.54. The molecule has 21 heavy (non-hydrogen) atoms. The Bertz CT molecular complexity index is 498. The van der Waals surface area contributed by atoms with Gasteiger partial charge in [-0.2, -0.15) is 0 Å². The minimum absolute atomic E-state index is 1.06. The van der Waals surface area contributed by atoms with Crippen molar-refractivity contribution in [3.05, 3.63) is 27.2 Å². The Hall–Kier alpha value is -0.580.